The monoisotopic (exact) mass is 198 g/mol. The summed E-state index contributed by atoms with van der Waals surface area (Å²) in [6.45, 7) is 1.32. The van der Waals surface area contributed by atoms with E-state index in [0.717, 1.165) is 0 Å². The number of aliphatic hydroxyl groups is 2. The second-order valence-corrected chi connectivity index (χ2v) is 3.43. The number of benzene rings is 1. The van der Waals surface area contributed by atoms with E-state index >= 15 is 0 Å². The minimum absolute atomic E-state index is 0.249. The Morgan fingerprint density at radius 1 is 1.21 bits per heavy atom. The van der Waals surface area contributed by atoms with Crippen LogP contribution in [0.4, 0.5) is 4.39 Å². The molecule has 1 aromatic rings. The maximum atomic E-state index is 13.4. The summed E-state index contributed by atoms with van der Waals surface area (Å²) in [4.78, 5) is 0. The topological polar surface area (TPSA) is 40.5 Å². The first-order valence-electron chi connectivity index (χ1n) is 4.67. The molecule has 0 saturated heterocycles. The number of aliphatic hydroxyl groups excluding tert-OH is 2. The van der Waals surface area contributed by atoms with Crippen LogP contribution < -0.4 is 0 Å². The summed E-state index contributed by atoms with van der Waals surface area (Å²) in [5, 5.41) is 18.5. The summed E-state index contributed by atoms with van der Waals surface area (Å²) in [7, 11) is 0. The smallest absolute Gasteiger partial charge is 0.127 e. The van der Waals surface area contributed by atoms with E-state index in [9.17, 15) is 14.6 Å². The third-order valence-electron chi connectivity index (χ3n) is 2.73. The van der Waals surface area contributed by atoms with Crippen molar-refractivity contribution in [3.8, 4) is 0 Å². The van der Waals surface area contributed by atoms with Crippen LogP contribution >= 0.6 is 0 Å². The molecule has 0 fully saturated rings. The van der Waals surface area contributed by atoms with E-state index in [1.165, 1.54) is 6.07 Å². The van der Waals surface area contributed by atoms with E-state index < -0.39 is 5.41 Å². The summed E-state index contributed by atoms with van der Waals surface area (Å²) < 4.78 is 13.4. The van der Waals surface area contributed by atoms with E-state index in [-0.39, 0.29) is 19.0 Å². The zero-order valence-electron chi connectivity index (χ0n) is 8.20. The van der Waals surface area contributed by atoms with Gasteiger partial charge < -0.3 is 10.2 Å². The predicted octanol–water partition coefficient (Wildman–Crippen LogP) is 1.46. The first-order chi connectivity index (χ1) is 6.70. The Hall–Kier alpha value is -0.930. The van der Waals surface area contributed by atoms with Crippen molar-refractivity contribution in [2.75, 3.05) is 13.2 Å². The van der Waals surface area contributed by atoms with Gasteiger partial charge in [0.2, 0.25) is 0 Å². The summed E-state index contributed by atoms with van der Waals surface area (Å²) >= 11 is 0. The second kappa shape index (κ2) is 4.53. The highest BCUT2D eigenvalue weighted by atomic mass is 19.1. The molecule has 1 aromatic carbocycles. The van der Waals surface area contributed by atoms with Gasteiger partial charge in [0.25, 0.3) is 0 Å². The number of hydrogen-bond acceptors (Lipinski definition) is 2. The third kappa shape index (κ3) is 1.79. The van der Waals surface area contributed by atoms with E-state index in [1.54, 1.807) is 18.2 Å². The molecule has 3 heteroatoms. The van der Waals surface area contributed by atoms with Gasteiger partial charge in [0.05, 0.1) is 13.2 Å². The lowest BCUT2D eigenvalue weighted by atomic mass is 9.79. The maximum Gasteiger partial charge on any atom is 0.127 e. The van der Waals surface area contributed by atoms with Gasteiger partial charge in [0.15, 0.2) is 0 Å². The minimum atomic E-state index is -0.856. The van der Waals surface area contributed by atoms with Gasteiger partial charge in [0.1, 0.15) is 5.82 Å². The van der Waals surface area contributed by atoms with Crippen molar-refractivity contribution >= 4 is 0 Å². The third-order valence-corrected chi connectivity index (χ3v) is 2.73. The minimum Gasteiger partial charge on any atom is -0.395 e. The van der Waals surface area contributed by atoms with Crippen LogP contribution in [0, 0.1) is 5.82 Å². The van der Waals surface area contributed by atoms with Gasteiger partial charge >= 0.3 is 0 Å². The molecule has 0 aliphatic heterocycles. The highest BCUT2D eigenvalue weighted by Gasteiger charge is 2.31. The van der Waals surface area contributed by atoms with E-state index in [2.05, 4.69) is 0 Å². The Kier molecular flexibility index (Phi) is 3.61. The summed E-state index contributed by atoms with van der Waals surface area (Å²) in [6, 6.07) is 6.23. The number of halogens is 1. The van der Waals surface area contributed by atoms with Gasteiger partial charge in [-0.2, -0.15) is 0 Å². The zero-order chi connectivity index (χ0) is 10.6. The fourth-order valence-electron chi connectivity index (χ4n) is 1.53. The van der Waals surface area contributed by atoms with Crippen molar-refractivity contribution < 1.29 is 14.6 Å². The van der Waals surface area contributed by atoms with E-state index in [0.29, 0.717) is 12.0 Å². The number of hydrogen-bond donors (Lipinski definition) is 2. The van der Waals surface area contributed by atoms with Crippen molar-refractivity contribution in [3.05, 3.63) is 35.6 Å². The van der Waals surface area contributed by atoms with Crippen LogP contribution in [0.1, 0.15) is 18.9 Å². The van der Waals surface area contributed by atoms with Gasteiger partial charge in [-0.25, -0.2) is 4.39 Å². The molecular weight excluding hydrogens is 183 g/mol. The zero-order valence-corrected chi connectivity index (χ0v) is 8.20. The molecule has 78 valence electrons. The first kappa shape index (κ1) is 11.1. The number of rotatable bonds is 4. The average Bonchev–Trinajstić information content (AvgIpc) is 2.24. The van der Waals surface area contributed by atoms with Crippen LogP contribution in [0.25, 0.3) is 0 Å². The van der Waals surface area contributed by atoms with Crippen molar-refractivity contribution in [2.24, 2.45) is 0 Å². The average molecular weight is 198 g/mol. The van der Waals surface area contributed by atoms with E-state index in [1.807, 2.05) is 6.92 Å². The Balaban J connectivity index is 3.17. The van der Waals surface area contributed by atoms with Crippen LogP contribution in [-0.2, 0) is 5.41 Å². The SMILES string of the molecule is CCC(CO)(CO)c1ccccc1F. The molecule has 0 amide bonds. The second-order valence-electron chi connectivity index (χ2n) is 3.43. The molecule has 0 atom stereocenters. The molecule has 1 rings (SSSR count). The highest BCUT2D eigenvalue weighted by molar-refractivity contribution is 5.27. The van der Waals surface area contributed by atoms with Crippen LogP contribution in [0.15, 0.2) is 24.3 Å². The molecule has 0 radical (unpaired) electrons. The molecule has 0 bridgehead atoms. The predicted molar refractivity (Wildman–Crippen MR) is 52.5 cm³/mol. The molecule has 2 nitrogen and oxygen atoms in total. The lowest BCUT2D eigenvalue weighted by Gasteiger charge is -2.29. The molecule has 0 aliphatic rings. The standard InChI is InChI=1S/C11H15FO2/c1-2-11(7-13,8-14)9-5-3-4-6-10(9)12/h3-6,13-14H,2,7-8H2,1H3. The van der Waals surface area contributed by atoms with Gasteiger partial charge in [-0.05, 0) is 18.1 Å². The summed E-state index contributed by atoms with van der Waals surface area (Å²) in [6.07, 6.45) is 0.501. The van der Waals surface area contributed by atoms with Gasteiger partial charge in [0, 0.05) is 5.41 Å². The Morgan fingerprint density at radius 3 is 2.21 bits per heavy atom. The van der Waals surface area contributed by atoms with Crippen molar-refractivity contribution in [1.82, 2.24) is 0 Å². The Labute approximate surface area is 83.0 Å². The fourth-order valence-corrected chi connectivity index (χ4v) is 1.53. The van der Waals surface area contributed by atoms with Gasteiger partial charge in [-0.1, -0.05) is 25.1 Å². The molecule has 0 unspecified atom stereocenters. The molecule has 0 aliphatic carbocycles. The van der Waals surface area contributed by atoms with Crippen LogP contribution in [0.3, 0.4) is 0 Å². The lowest BCUT2D eigenvalue weighted by Crippen LogP contribution is -2.35. The van der Waals surface area contributed by atoms with Crippen molar-refractivity contribution in [2.45, 2.75) is 18.8 Å². The quantitative estimate of drug-likeness (QED) is 0.769. The van der Waals surface area contributed by atoms with Gasteiger partial charge in [-0.3, -0.25) is 0 Å². The largest absolute Gasteiger partial charge is 0.395 e. The molecule has 0 aromatic heterocycles. The molecule has 0 saturated carbocycles. The van der Waals surface area contributed by atoms with Crippen molar-refractivity contribution in [1.29, 1.82) is 0 Å². The highest BCUT2D eigenvalue weighted by Crippen LogP contribution is 2.28. The van der Waals surface area contributed by atoms with Crippen LogP contribution in [0.2, 0.25) is 0 Å². The molecule has 0 spiro atoms. The normalized spacial score (nSPS) is 11.7. The molecule has 0 heterocycles. The van der Waals surface area contributed by atoms with E-state index in [4.69, 9.17) is 0 Å². The van der Waals surface area contributed by atoms with Crippen molar-refractivity contribution in [3.63, 3.8) is 0 Å². The fraction of sp³-hybridized carbons (Fsp3) is 0.455. The molecular formula is C11H15FO2. The molecule has 2 N–H and O–H groups in total. The van der Waals surface area contributed by atoms with Crippen LogP contribution in [-0.4, -0.2) is 23.4 Å². The Morgan fingerprint density at radius 2 is 1.79 bits per heavy atom. The maximum absolute atomic E-state index is 13.4. The Bertz CT molecular complexity index is 287. The van der Waals surface area contributed by atoms with Gasteiger partial charge in [-0.15, -0.1) is 0 Å². The summed E-state index contributed by atoms with van der Waals surface area (Å²) in [5.74, 6) is -0.377. The summed E-state index contributed by atoms with van der Waals surface area (Å²) in [5.41, 5.74) is -0.474. The molecule has 14 heavy (non-hydrogen) atoms. The van der Waals surface area contributed by atoms with Crippen LogP contribution in [0.5, 0.6) is 0 Å². The lowest BCUT2D eigenvalue weighted by molar-refractivity contribution is 0.110. The first-order valence-corrected chi connectivity index (χ1v) is 4.67.